The molecule has 0 bridgehead atoms. The first-order valence-electron chi connectivity index (χ1n) is 7.72. The summed E-state index contributed by atoms with van der Waals surface area (Å²) in [5.41, 5.74) is 0.900. The molecule has 1 aromatic carbocycles. The number of esters is 1. The zero-order chi connectivity index (χ0) is 16.7. The minimum Gasteiger partial charge on any atom is -0.461 e. The van der Waals surface area contributed by atoms with E-state index in [2.05, 4.69) is 11.4 Å². The number of nitrogens with zero attached hydrogens (tertiary/aromatic N) is 2. The fraction of sp³-hybridized carbons (Fsp3) is 0.471. The van der Waals surface area contributed by atoms with Gasteiger partial charge in [-0.2, -0.15) is 5.26 Å². The Labute approximate surface area is 136 Å². The molecule has 1 aromatic rings. The highest BCUT2D eigenvalue weighted by molar-refractivity contribution is 5.87. The van der Waals surface area contributed by atoms with Crippen LogP contribution in [0.15, 0.2) is 30.3 Å². The van der Waals surface area contributed by atoms with Crippen LogP contribution in [0.1, 0.15) is 24.8 Å². The smallest absolute Gasteiger partial charge is 0.308 e. The van der Waals surface area contributed by atoms with Crippen LogP contribution in [0, 0.1) is 11.3 Å². The van der Waals surface area contributed by atoms with E-state index in [9.17, 15) is 9.59 Å². The first-order chi connectivity index (χ1) is 11.2. The Kier molecular flexibility index (Phi) is 6.12. The van der Waals surface area contributed by atoms with Crippen molar-refractivity contribution < 1.29 is 14.3 Å². The highest BCUT2D eigenvalue weighted by Crippen LogP contribution is 2.18. The highest BCUT2D eigenvalue weighted by Gasteiger charge is 2.33. The molecule has 6 nitrogen and oxygen atoms in total. The lowest BCUT2D eigenvalue weighted by atomic mass is 10.1. The van der Waals surface area contributed by atoms with E-state index in [1.807, 2.05) is 30.3 Å². The van der Waals surface area contributed by atoms with Gasteiger partial charge in [0.15, 0.2) is 0 Å². The number of likely N-dealkylation sites (N-methyl/N-ethyl adjacent to an activating group) is 1. The monoisotopic (exact) mass is 315 g/mol. The van der Waals surface area contributed by atoms with Gasteiger partial charge in [-0.1, -0.05) is 30.3 Å². The maximum atomic E-state index is 12.5. The van der Waals surface area contributed by atoms with Crippen molar-refractivity contribution in [1.82, 2.24) is 10.2 Å². The lowest BCUT2D eigenvalue weighted by Crippen LogP contribution is -2.48. The molecule has 0 saturated carbocycles. The molecule has 1 heterocycles. The maximum Gasteiger partial charge on any atom is 0.308 e. The molecule has 0 spiro atoms. The first-order valence-corrected chi connectivity index (χ1v) is 7.72. The molecule has 23 heavy (non-hydrogen) atoms. The summed E-state index contributed by atoms with van der Waals surface area (Å²) in [6.45, 7) is 0.753. The third kappa shape index (κ3) is 4.54. The molecule has 6 heteroatoms. The van der Waals surface area contributed by atoms with Crippen LogP contribution < -0.4 is 5.32 Å². The summed E-state index contributed by atoms with van der Waals surface area (Å²) in [7, 11) is 1.63. The number of hydrogen-bond acceptors (Lipinski definition) is 5. The summed E-state index contributed by atoms with van der Waals surface area (Å²) >= 11 is 0. The van der Waals surface area contributed by atoms with Gasteiger partial charge in [0.2, 0.25) is 5.91 Å². The van der Waals surface area contributed by atoms with Crippen molar-refractivity contribution in [2.75, 3.05) is 13.6 Å². The molecule has 2 unspecified atom stereocenters. The quantitative estimate of drug-likeness (QED) is 0.798. The third-order valence-corrected chi connectivity index (χ3v) is 3.94. The lowest BCUT2D eigenvalue weighted by Gasteiger charge is -2.24. The van der Waals surface area contributed by atoms with Gasteiger partial charge in [-0.25, -0.2) is 0 Å². The Morgan fingerprint density at radius 3 is 2.83 bits per heavy atom. The van der Waals surface area contributed by atoms with E-state index in [1.165, 1.54) is 0 Å². The fourth-order valence-corrected chi connectivity index (χ4v) is 2.64. The van der Waals surface area contributed by atoms with Crippen LogP contribution in [-0.2, 0) is 20.9 Å². The van der Waals surface area contributed by atoms with E-state index in [1.54, 1.807) is 11.9 Å². The number of likely N-dealkylation sites (tertiary alicyclic amines) is 1. The molecule has 1 fully saturated rings. The number of benzene rings is 1. The van der Waals surface area contributed by atoms with E-state index in [4.69, 9.17) is 10.00 Å². The number of hydrogen-bond donors (Lipinski definition) is 1. The SMILES string of the molecule is CNC(CC(=O)OCc1ccccc1)C(=O)N1CCCC1C#N. The van der Waals surface area contributed by atoms with Gasteiger partial charge < -0.3 is 15.0 Å². The Morgan fingerprint density at radius 2 is 2.17 bits per heavy atom. The van der Waals surface area contributed by atoms with Crippen LogP contribution in [0.2, 0.25) is 0 Å². The summed E-state index contributed by atoms with van der Waals surface area (Å²) in [6, 6.07) is 10.5. The highest BCUT2D eigenvalue weighted by atomic mass is 16.5. The molecule has 1 amide bonds. The van der Waals surface area contributed by atoms with Crippen molar-refractivity contribution in [3.8, 4) is 6.07 Å². The molecule has 1 aliphatic heterocycles. The number of rotatable bonds is 6. The number of nitrogens with one attached hydrogen (secondary N) is 1. The summed E-state index contributed by atoms with van der Waals surface area (Å²) in [5, 5.41) is 11.9. The van der Waals surface area contributed by atoms with Gasteiger partial charge in [0, 0.05) is 6.54 Å². The standard InChI is InChI=1S/C17H21N3O3/c1-19-15(17(22)20-9-5-8-14(20)11-18)10-16(21)23-12-13-6-3-2-4-7-13/h2-4,6-7,14-15,19H,5,8-10,12H2,1H3. The molecular formula is C17H21N3O3. The summed E-state index contributed by atoms with van der Waals surface area (Å²) in [6.07, 6.45) is 1.47. The zero-order valence-corrected chi connectivity index (χ0v) is 13.2. The molecule has 1 aliphatic rings. The molecule has 0 radical (unpaired) electrons. The van der Waals surface area contributed by atoms with Gasteiger partial charge in [-0.3, -0.25) is 9.59 Å². The predicted octanol–water partition coefficient (Wildman–Crippen LogP) is 1.22. The van der Waals surface area contributed by atoms with Crippen LogP contribution in [0.3, 0.4) is 0 Å². The van der Waals surface area contributed by atoms with E-state index in [0.29, 0.717) is 13.0 Å². The summed E-state index contributed by atoms with van der Waals surface area (Å²) in [4.78, 5) is 26.0. The largest absolute Gasteiger partial charge is 0.461 e. The minimum absolute atomic E-state index is 0.0448. The van der Waals surface area contributed by atoms with Gasteiger partial charge in [-0.15, -0.1) is 0 Å². The van der Waals surface area contributed by atoms with Crippen LogP contribution >= 0.6 is 0 Å². The fourth-order valence-electron chi connectivity index (χ4n) is 2.64. The van der Waals surface area contributed by atoms with E-state index in [-0.39, 0.29) is 18.9 Å². The van der Waals surface area contributed by atoms with Crippen molar-refractivity contribution in [2.45, 2.75) is 38.0 Å². The average molecular weight is 315 g/mol. The Balaban J connectivity index is 1.87. The first kappa shape index (κ1) is 17.0. The van der Waals surface area contributed by atoms with Crippen LogP contribution in [-0.4, -0.2) is 42.5 Å². The maximum absolute atomic E-state index is 12.5. The van der Waals surface area contributed by atoms with E-state index >= 15 is 0 Å². The van der Waals surface area contributed by atoms with E-state index in [0.717, 1.165) is 12.0 Å². The summed E-state index contributed by atoms with van der Waals surface area (Å²) in [5.74, 6) is -0.650. The molecule has 0 aliphatic carbocycles. The van der Waals surface area contributed by atoms with Crippen molar-refractivity contribution in [3.05, 3.63) is 35.9 Å². The van der Waals surface area contributed by atoms with Gasteiger partial charge >= 0.3 is 5.97 Å². The van der Waals surface area contributed by atoms with Gasteiger partial charge in [-0.05, 0) is 25.5 Å². The van der Waals surface area contributed by atoms with Gasteiger partial charge in [0.1, 0.15) is 12.6 Å². The Morgan fingerprint density at radius 1 is 1.43 bits per heavy atom. The normalized spacial score (nSPS) is 18.3. The van der Waals surface area contributed by atoms with Crippen LogP contribution in [0.4, 0.5) is 0 Å². The van der Waals surface area contributed by atoms with E-state index < -0.39 is 18.1 Å². The molecule has 2 atom stereocenters. The molecule has 1 saturated heterocycles. The number of nitriles is 1. The van der Waals surface area contributed by atoms with Crippen molar-refractivity contribution in [3.63, 3.8) is 0 Å². The number of ether oxygens (including phenoxy) is 1. The minimum atomic E-state index is -0.660. The Bertz CT molecular complexity index is 582. The van der Waals surface area contributed by atoms with Gasteiger partial charge in [0.25, 0.3) is 0 Å². The van der Waals surface area contributed by atoms with Crippen LogP contribution in [0.25, 0.3) is 0 Å². The van der Waals surface area contributed by atoms with Crippen molar-refractivity contribution >= 4 is 11.9 Å². The topological polar surface area (TPSA) is 82.4 Å². The summed E-state index contributed by atoms with van der Waals surface area (Å²) < 4.78 is 5.21. The molecule has 122 valence electrons. The van der Waals surface area contributed by atoms with Crippen molar-refractivity contribution in [1.29, 1.82) is 5.26 Å². The average Bonchev–Trinajstić information content (AvgIpc) is 3.06. The number of carbonyl (C=O) groups excluding carboxylic acids is 2. The molecular weight excluding hydrogens is 294 g/mol. The second-order valence-electron chi connectivity index (χ2n) is 5.51. The Hall–Kier alpha value is -2.39. The predicted molar refractivity (Wildman–Crippen MR) is 84.1 cm³/mol. The van der Waals surface area contributed by atoms with Crippen molar-refractivity contribution in [2.24, 2.45) is 0 Å². The van der Waals surface area contributed by atoms with Crippen LogP contribution in [0.5, 0.6) is 0 Å². The molecule has 1 N–H and O–H groups in total. The van der Waals surface area contributed by atoms with Gasteiger partial charge in [0.05, 0.1) is 18.5 Å². The molecule has 0 aromatic heterocycles. The number of carbonyl (C=O) groups is 2. The lowest BCUT2D eigenvalue weighted by molar-refractivity contribution is -0.148. The second kappa shape index (κ2) is 8.30. The third-order valence-electron chi connectivity index (χ3n) is 3.94. The number of amides is 1. The second-order valence-corrected chi connectivity index (χ2v) is 5.51. The molecule has 2 rings (SSSR count). The zero-order valence-electron chi connectivity index (χ0n) is 13.2.